The Hall–Kier alpha value is -4.19. The number of hydrogen-bond donors (Lipinski definition) is 3. The Bertz CT molecular complexity index is 1310. The minimum absolute atomic E-state index is 0.00320. The number of phenols is 2. The first-order valence-corrected chi connectivity index (χ1v) is 9.76. The summed E-state index contributed by atoms with van der Waals surface area (Å²) in [5, 5.41) is 24.5. The van der Waals surface area contributed by atoms with Crippen molar-refractivity contribution in [1.29, 1.82) is 0 Å². The highest BCUT2D eigenvalue weighted by Gasteiger charge is 2.14. The zero-order chi connectivity index (χ0) is 22.0. The van der Waals surface area contributed by atoms with E-state index in [1.165, 1.54) is 18.2 Å². The second-order valence-electron chi connectivity index (χ2n) is 7.28. The van der Waals surface area contributed by atoms with Gasteiger partial charge in [-0.2, -0.15) is 5.10 Å². The van der Waals surface area contributed by atoms with Crippen molar-refractivity contribution in [1.82, 2.24) is 10.4 Å². The Morgan fingerprint density at radius 2 is 1.68 bits per heavy atom. The van der Waals surface area contributed by atoms with Gasteiger partial charge < -0.3 is 10.2 Å². The Balaban J connectivity index is 1.71. The SMILES string of the molecule is C/C(=N/NC(=O)c1cc(-c2ccc(C)cc2)nc2ccccc12)c1cc(O)ccc1O. The standard InChI is InChI=1S/C25H21N3O3/c1-15-7-9-17(10-8-15)23-14-21(19-5-3-4-6-22(19)26-23)25(31)28-27-16(2)20-13-18(29)11-12-24(20)30/h3-14,29-30H,1-2H3,(H,28,31)/b27-16-. The second-order valence-corrected chi connectivity index (χ2v) is 7.28. The van der Waals surface area contributed by atoms with Crippen LogP contribution in [0.4, 0.5) is 0 Å². The Kier molecular flexibility index (Phi) is 5.37. The molecule has 4 rings (SSSR count). The van der Waals surface area contributed by atoms with Gasteiger partial charge in [0.1, 0.15) is 11.5 Å². The molecule has 0 aliphatic rings. The van der Waals surface area contributed by atoms with Crippen LogP contribution in [0.5, 0.6) is 11.5 Å². The normalized spacial score (nSPS) is 11.5. The Labute approximate surface area is 179 Å². The highest BCUT2D eigenvalue weighted by molar-refractivity contribution is 6.08. The van der Waals surface area contributed by atoms with Crippen LogP contribution in [0.3, 0.4) is 0 Å². The number of phenolic OH excluding ortho intramolecular Hbond substituents is 2. The summed E-state index contributed by atoms with van der Waals surface area (Å²) < 4.78 is 0. The van der Waals surface area contributed by atoms with E-state index in [1.807, 2.05) is 55.5 Å². The van der Waals surface area contributed by atoms with Crippen molar-refractivity contribution in [2.75, 3.05) is 0 Å². The maximum absolute atomic E-state index is 13.0. The molecule has 0 spiro atoms. The fraction of sp³-hybridized carbons (Fsp3) is 0.0800. The van der Waals surface area contributed by atoms with E-state index in [0.29, 0.717) is 33.4 Å². The van der Waals surface area contributed by atoms with E-state index in [0.717, 1.165) is 11.1 Å². The van der Waals surface area contributed by atoms with E-state index in [-0.39, 0.29) is 11.5 Å². The molecule has 0 saturated carbocycles. The lowest BCUT2D eigenvalue weighted by Crippen LogP contribution is -2.20. The lowest BCUT2D eigenvalue weighted by molar-refractivity contribution is 0.0956. The van der Waals surface area contributed by atoms with Gasteiger partial charge in [0.05, 0.1) is 22.5 Å². The number of carbonyl (C=O) groups excluding carboxylic acids is 1. The molecule has 6 nitrogen and oxygen atoms in total. The number of hydrazone groups is 1. The van der Waals surface area contributed by atoms with Gasteiger partial charge >= 0.3 is 0 Å². The van der Waals surface area contributed by atoms with Crippen LogP contribution in [0.2, 0.25) is 0 Å². The molecular weight excluding hydrogens is 390 g/mol. The molecule has 0 unspecified atom stereocenters. The van der Waals surface area contributed by atoms with Crippen LogP contribution in [0, 0.1) is 6.92 Å². The van der Waals surface area contributed by atoms with E-state index in [2.05, 4.69) is 10.5 Å². The predicted octanol–water partition coefficient (Wildman–Crippen LogP) is 4.78. The number of rotatable bonds is 4. The second kappa shape index (κ2) is 8.28. The van der Waals surface area contributed by atoms with Crippen LogP contribution in [-0.4, -0.2) is 26.8 Å². The van der Waals surface area contributed by atoms with Gasteiger partial charge in [-0.3, -0.25) is 4.79 Å². The highest BCUT2D eigenvalue weighted by atomic mass is 16.3. The molecular formula is C25H21N3O3. The molecule has 154 valence electrons. The van der Waals surface area contributed by atoms with Crippen LogP contribution in [0.15, 0.2) is 77.9 Å². The van der Waals surface area contributed by atoms with E-state index in [9.17, 15) is 15.0 Å². The average molecular weight is 411 g/mol. The topological polar surface area (TPSA) is 94.8 Å². The fourth-order valence-corrected chi connectivity index (χ4v) is 3.30. The number of para-hydroxylation sites is 1. The van der Waals surface area contributed by atoms with Gasteiger partial charge in [0.25, 0.3) is 5.91 Å². The molecule has 1 aromatic heterocycles. The molecule has 6 heteroatoms. The Morgan fingerprint density at radius 3 is 2.45 bits per heavy atom. The van der Waals surface area contributed by atoms with Crippen molar-refractivity contribution >= 4 is 22.5 Å². The molecule has 31 heavy (non-hydrogen) atoms. The van der Waals surface area contributed by atoms with Crippen molar-refractivity contribution in [3.63, 3.8) is 0 Å². The quantitative estimate of drug-likeness (QED) is 0.256. The minimum Gasteiger partial charge on any atom is -0.508 e. The number of aromatic nitrogens is 1. The Morgan fingerprint density at radius 1 is 0.935 bits per heavy atom. The van der Waals surface area contributed by atoms with Crippen LogP contribution in [-0.2, 0) is 0 Å². The number of benzene rings is 3. The fourth-order valence-electron chi connectivity index (χ4n) is 3.30. The largest absolute Gasteiger partial charge is 0.508 e. The summed E-state index contributed by atoms with van der Waals surface area (Å²) in [5.41, 5.74) is 7.14. The summed E-state index contributed by atoms with van der Waals surface area (Å²) in [6.45, 7) is 3.65. The average Bonchev–Trinajstić information content (AvgIpc) is 2.78. The molecule has 1 amide bonds. The van der Waals surface area contributed by atoms with Crippen LogP contribution >= 0.6 is 0 Å². The van der Waals surface area contributed by atoms with Gasteiger partial charge in [-0.05, 0) is 44.2 Å². The lowest BCUT2D eigenvalue weighted by atomic mass is 10.0. The van der Waals surface area contributed by atoms with E-state index >= 15 is 0 Å². The first kappa shape index (κ1) is 20.1. The number of fused-ring (bicyclic) bond motifs is 1. The molecule has 0 bridgehead atoms. The van der Waals surface area contributed by atoms with Gasteiger partial charge in [0, 0.05) is 16.5 Å². The first-order chi connectivity index (χ1) is 14.9. The van der Waals surface area contributed by atoms with Crippen LogP contribution in [0.25, 0.3) is 22.2 Å². The van der Waals surface area contributed by atoms with Gasteiger partial charge in [0.15, 0.2) is 0 Å². The van der Waals surface area contributed by atoms with E-state index in [1.54, 1.807) is 13.0 Å². The molecule has 0 atom stereocenters. The number of pyridine rings is 1. The predicted molar refractivity (Wildman–Crippen MR) is 121 cm³/mol. The summed E-state index contributed by atoms with van der Waals surface area (Å²) in [7, 11) is 0. The van der Waals surface area contributed by atoms with Crippen LogP contribution in [0.1, 0.15) is 28.4 Å². The number of hydrogen-bond acceptors (Lipinski definition) is 5. The number of nitrogens with zero attached hydrogens (tertiary/aromatic N) is 2. The molecule has 1 heterocycles. The molecule has 0 saturated heterocycles. The van der Waals surface area contributed by atoms with Gasteiger partial charge in [-0.1, -0.05) is 48.0 Å². The zero-order valence-corrected chi connectivity index (χ0v) is 17.1. The molecule has 4 aromatic rings. The molecule has 0 fully saturated rings. The third kappa shape index (κ3) is 4.23. The van der Waals surface area contributed by atoms with Gasteiger partial charge in [0.2, 0.25) is 0 Å². The number of aromatic hydroxyl groups is 2. The number of carbonyl (C=O) groups is 1. The van der Waals surface area contributed by atoms with Crippen LogP contribution < -0.4 is 5.43 Å². The van der Waals surface area contributed by atoms with Gasteiger partial charge in [-0.25, -0.2) is 10.4 Å². The monoisotopic (exact) mass is 411 g/mol. The van der Waals surface area contributed by atoms with Gasteiger partial charge in [-0.15, -0.1) is 0 Å². The molecule has 3 N–H and O–H groups in total. The highest BCUT2D eigenvalue weighted by Crippen LogP contribution is 2.26. The smallest absolute Gasteiger partial charge is 0.272 e. The van der Waals surface area contributed by atoms with Crippen molar-refractivity contribution in [2.45, 2.75) is 13.8 Å². The first-order valence-electron chi connectivity index (χ1n) is 9.76. The molecule has 3 aromatic carbocycles. The van der Waals surface area contributed by atoms with Crippen molar-refractivity contribution in [3.8, 4) is 22.8 Å². The summed E-state index contributed by atoms with van der Waals surface area (Å²) in [5.74, 6) is -0.438. The summed E-state index contributed by atoms with van der Waals surface area (Å²) in [4.78, 5) is 17.7. The maximum atomic E-state index is 13.0. The third-order valence-electron chi connectivity index (χ3n) is 5.00. The van der Waals surface area contributed by atoms with E-state index < -0.39 is 5.91 Å². The van der Waals surface area contributed by atoms with Crippen molar-refractivity contribution < 1.29 is 15.0 Å². The van der Waals surface area contributed by atoms with Crippen molar-refractivity contribution in [3.05, 3.63) is 89.5 Å². The maximum Gasteiger partial charge on any atom is 0.272 e. The lowest BCUT2D eigenvalue weighted by Gasteiger charge is -2.10. The molecule has 0 aliphatic heterocycles. The third-order valence-corrected chi connectivity index (χ3v) is 5.00. The summed E-state index contributed by atoms with van der Waals surface area (Å²) >= 11 is 0. The van der Waals surface area contributed by atoms with E-state index in [4.69, 9.17) is 4.98 Å². The number of amides is 1. The van der Waals surface area contributed by atoms with Crippen molar-refractivity contribution in [2.24, 2.45) is 5.10 Å². The number of nitrogens with one attached hydrogen (secondary N) is 1. The molecule has 0 radical (unpaired) electrons. The summed E-state index contributed by atoms with van der Waals surface area (Å²) in [6, 6.07) is 21.3. The zero-order valence-electron chi connectivity index (χ0n) is 17.1. The summed E-state index contributed by atoms with van der Waals surface area (Å²) in [6.07, 6.45) is 0. The minimum atomic E-state index is -0.397. The number of aryl methyl sites for hydroxylation is 1. The molecule has 0 aliphatic carbocycles.